The number of halogens is 4. The molecule has 0 amide bonds. The topological polar surface area (TPSA) is 52.1 Å². The van der Waals surface area contributed by atoms with E-state index in [1.807, 2.05) is 0 Å². The second-order valence-electron chi connectivity index (χ2n) is 5.56. The molecule has 1 heterocycles. The van der Waals surface area contributed by atoms with E-state index in [9.17, 15) is 18.0 Å². The maximum Gasteiger partial charge on any atom is 0.416 e. The van der Waals surface area contributed by atoms with E-state index in [0.29, 0.717) is 16.3 Å². The lowest BCUT2D eigenvalue weighted by Gasteiger charge is -2.09. The fourth-order valence-corrected chi connectivity index (χ4v) is 2.77. The number of Topliss-reactive ketones (excluding diaryl/α,β-unsaturated/α-hetero) is 1. The summed E-state index contributed by atoms with van der Waals surface area (Å²) in [5, 5.41) is 8.79. The van der Waals surface area contributed by atoms with Gasteiger partial charge in [0.1, 0.15) is 0 Å². The lowest BCUT2D eigenvalue weighted by atomic mass is 9.99. The fraction of sp³-hybridized carbons (Fsp3) is 0.167. The summed E-state index contributed by atoms with van der Waals surface area (Å²) in [5.74, 6) is -0.126. The summed E-state index contributed by atoms with van der Waals surface area (Å²) in [5.41, 5.74) is -0.190. The number of nitrogens with zero attached hydrogens (tertiary/aromatic N) is 2. The first kappa shape index (κ1) is 18.1. The zero-order valence-corrected chi connectivity index (χ0v) is 14.2. The van der Waals surface area contributed by atoms with E-state index in [-0.39, 0.29) is 28.8 Å². The minimum Gasteiger partial charge on any atom is -0.479 e. The number of methoxy groups -OCH3 is 1. The van der Waals surface area contributed by atoms with Crippen LogP contribution in [0.1, 0.15) is 21.5 Å². The van der Waals surface area contributed by atoms with E-state index in [4.69, 9.17) is 16.3 Å². The monoisotopic (exact) mass is 380 g/mol. The normalized spacial score (nSPS) is 11.6. The van der Waals surface area contributed by atoms with Gasteiger partial charge in [0.05, 0.1) is 12.7 Å². The van der Waals surface area contributed by atoms with Crippen molar-refractivity contribution >= 4 is 28.2 Å². The molecule has 0 aliphatic carbocycles. The Balaban J connectivity index is 1.93. The maximum absolute atomic E-state index is 12.8. The third kappa shape index (κ3) is 3.62. The summed E-state index contributed by atoms with van der Waals surface area (Å²) in [6, 6.07) is 9.41. The summed E-state index contributed by atoms with van der Waals surface area (Å²) in [6.45, 7) is 0. The number of hydrogen-bond acceptors (Lipinski definition) is 4. The first-order chi connectivity index (χ1) is 12.3. The molecular formula is C18H12ClF3N2O2. The van der Waals surface area contributed by atoms with Crippen molar-refractivity contribution < 1.29 is 22.7 Å². The number of ketones is 1. The molecule has 0 saturated carbocycles. The van der Waals surface area contributed by atoms with Gasteiger partial charge in [-0.15, -0.1) is 10.2 Å². The molecule has 0 radical (unpaired) electrons. The quantitative estimate of drug-likeness (QED) is 0.614. The van der Waals surface area contributed by atoms with Crippen LogP contribution in [0.15, 0.2) is 42.5 Å². The SMILES string of the molecule is COc1nnc(Cl)c2ccc(C(=O)Cc3cccc(C(F)(F)F)c3)cc12. The Morgan fingerprint density at radius 1 is 1.12 bits per heavy atom. The smallest absolute Gasteiger partial charge is 0.416 e. The van der Waals surface area contributed by atoms with Gasteiger partial charge < -0.3 is 4.74 Å². The van der Waals surface area contributed by atoms with Crippen LogP contribution >= 0.6 is 11.6 Å². The highest BCUT2D eigenvalue weighted by molar-refractivity contribution is 6.34. The second-order valence-corrected chi connectivity index (χ2v) is 5.92. The van der Waals surface area contributed by atoms with Gasteiger partial charge in [-0.3, -0.25) is 4.79 Å². The van der Waals surface area contributed by atoms with E-state index in [2.05, 4.69) is 10.2 Å². The predicted octanol–water partition coefficient (Wildman–Crippen LogP) is 4.74. The third-order valence-corrected chi connectivity index (χ3v) is 4.11. The predicted molar refractivity (Wildman–Crippen MR) is 90.6 cm³/mol. The second kappa shape index (κ2) is 6.92. The number of carbonyl (C=O) groups is 1. The van der Waals surface area contributed by atoms with E-state index >= 15 is 0 Å². The Morgan fingerprint density at radius 2 is 1.88 bits per heavy atom. The Bertz CT molecular complexity index is 990. The molecule has 26 heavy (non-hydrogen) atoms. The van der Waals surface area contributed by atoms with Gasteiger partial charge in [0.15, 0.2) is 10.9 Å². The van der Waals surface area contributed by atoms with Crippen LogP contribution in [0, 0.1) is 0 Å². The van der Waals surface area contributed by atoms with Crippen LogP contribution in [0.2, 0.25) is 5.15 Å². The van der Waals surface area contributed by atoms with Crippen molar-refractivity contribution in [3.8, 4) is 5.88 Å². The van der Waals surface area contributed by atoms with Gasteiger partial charge in [-0.05, 0) is 17.7 Å². The maximum atomic E-state index is 12.8. The van der Waals surface area contributed by atoms with Crippen LogP contribution in [-0.2, 0) is 12.6 Å². The van der Waals surface area contributed by atoms with Gasteiger partial charge in [-0.25, -0.2) is 0 Å². The average molecular weight is 381 g/mol. The van der Waals surface area contributed by atoms with E-state index in [1.165, 1.54) is 19.2 Å². The van der Waals surface area contributed by atoms with Crippen LogP contribution in [-0.4, -0.2) is 23.1 Å². The van der Waals surface area contributed by atoms with Crippen molar-refractivity contribution in [2.45, 2.75) is 12.6 Å². The van der Waals surface area contributed by atoms with E-state index < -0.39 is 11.7 Å². The summed E-state index contributed by atoms with van der Waals surface area (Å²) >= 11 is 5.99. The van der Waals surface area contributed by atoms with Gasteiger partial charge in [0.25, 0.3) is 0 Å². The molecule has 8 heteroatoms. The number of benzene rings is 2. The highest BCUT2D eigenvalue weighted by atomic mass is 35.5. The van der Waals surface area contributed by atoms with Crippen LogP contribution in [0.25, 0.3) is 10.8 Å². The number of hydrogen-bond donors (Lipinski definition) is 0. The minimum atomic E-state index is -4.45. The molecule has 2 aromatic carbocycles. The summed E-state index contributed by atoms with van der Waals surface area (Å²) in [7, 11) is 1.41. The largest absolute Gasteiger partial charge is 0.479 e. The molecule has 0 N–H and O–H groups in total. The van der Waals surface area contributed by atoms with Gasteiger partial charge in [0.2, 0.25) is 5.88 Å². The molecule has 0 bridgehead atoms. The third-order valence-electron chi connectivity index (χ3n) is 3.84. The lowest BCUT2D eigenvalue weighted by molar-refractivity contribution is -0.137. The molecule has 0 fully saturated rings. The van der Waals surface area contributed by atoms with Crippen LogP contribution in [0.5, 0.6) is 5.88 Å². The van der Waals surface area contributed by atoms with Crippen LogP contribution in [0.4, 0.5) is 13.2 Å². The molecular weight excluding hydrogens is 369 g/mol. The van der Waals surface area contributed by atoms with Crippen LogP contribution < -0.4 is 4.74 Å². The number of fused-ring (bicyclic) bond motifs is 1. The first-order valence-electron chi connectivity index (χ1n) is 7.49. The van der Waals surface area contributed by atoms with Gasteiger partial charge in [-0.1, -0.05) is 41.9 Å². The van der Waals surface area contributed by atoms with Crippen LogP contribution in [0.3, 0.4) is 0 Å². The molecule has 3 rings (SSSR count). The summed E-state index contributed by atoms with van der Waals surface area (Å²) < 4.78 is 43.5. The summed E-state index contributed by atoms with van der Waals surface area (Å²) in [6.07, 6.45) is -4.62. The number of carbonyl (C=O) groups excluding carboxylic acids is 1. The Labute approximate surface area is 151 Å². The Morgan fingerprint density at radius 3 is 2.58 bits per heavy atom. The Kier molecular flexibility index (Phi) is 4.82. The van der Waals surface area contributed by atoms with Gasteiger partial charge in [-0.2, -0.15) is 13.2 Å². The van der Waals surface area contributed by atoms with Crippen molar-refractivity contribution in [3.05, 3.63) is 64.3 Å². The molecule has 4 nitrogen and oxygen atoms in total. The zero-order valence-electron chi connectivity index (χ0n) is 13.5. The molecule has 1 aromatic heterocycles. The first-order valence-corrected chi connectivity index (χ1v) is 7.86. The zero-order chi connectivity index (χ0) is 18.9. The van der Waals surface area contributed by atoms with Crippen molar-refractivity contribution in [1.29, 1.82) is 0 Å². The highest BCUT2D eigenvalue weighted by Gasteiger charge is 2.30. The van der Waals surface area contributed by atoms with E-state index in [0.717, 1.165) is 12.1 Å². The molecule has 0 saturated heterocycles. The van der Waals surface area contributed by atoms with Crippen molar-refractivity contribution in [2.24, 2.45) is 0 Å². The lowest BCUT2D eigenvalue weighted by Crippen LogP contribution is -2.08. The summed E-state index contributed by atoms with van der Waals surface area (Å²) in [4.78, 5) is 12.5. The number of ether oxygens (including phenoxy) is 1. The van der Waals surface area contributed by atoms with Crippen molar-refractivity contribution in [1.82, 2.24) is 10.2 Å². The number of alkyl halides is 3. The van der Waals surface area contributed by atoms with Gasteiger partial charge >= 0.3 is 6.18 Å². The molecule has 134 valence electrons. The molecule has 0 aliphatic rings. The minimum absolute atomic E-state index is 0.163. The molecule has 0 unspecified atom stereocenters. The molecule has 0 aliphatic heterocycles. The molecule has 0 spiro atoms. The van der Waals surface area contributed by atoms with Crippen molar-refractivity contribution in [3.63, 3.8) is 0 Å². The number of rotatable bonds is 4. The average Bonchev–Trinajstić information content (AvgIpc) is 2.61. The fourth-order valence-electron chi connectivity index (χ4n) is 2.57. The van der Waals surface area contributed by atoms with Gasteiger partial charge in [0, 0.05) is 22.8 Å². The molecule has 3 aromatic rings. The highest BCUT2D eigenvalue weighted by Crippen LogP contribution is 2.31. The molecule has 0 atom stereocenters. The Hall–Kier alpha value is -2.67. The van der Waals surface area contributed by atoms with E-state index in [1.54, 1.807) is 18.2 Å². The van der Waals surface area contributed by atoms with Crippen molar-refractivity contribution in [2.75, 3.05) is 7.11 Å². The standard InChI is InChI=1S/C18H12ClF3N2O2/c1-26-17-14-9-11(5-6-13(14)16(19)23-24-17)15(25)8-10-3-2-4-12(7-10)18(20,21)22/h2-7,9H,8H2,1H3. The number of aromatic nitrogens is 2.